The second-order valence-corrected chi connectivity index (χ2v) is 17.8. The van der Waals surface area contributed by atoms with Crippen LogP contribution in [0.15, 0.2) is 132 Å². The number of aryl methyl sites for hydroxylation is 2. The van der Waals surface area contributed by atoms with Crippen molar-refractivity contribution < 1.29 is 45.3 Å². The van der Waals surface area contributed by atoms with Crippen molar-refractivity contribution in [3.8, 4) is 0 Å². The van der Waals surface area contributed by atoms with Crippen molar-refractivity contribution in [3.05, 3.63) is 144 Å². The Hall–Kier alpha value is -3.08. The van der Waals surface area contributed by atoms with Crippen LogP contribution in [0.25, 0.3) is 0 Å². The molecule has 0 unspecified atom stereocenters. The summed E-state index contributed by atoms with van der Waals surface area (Å²) in [7, 11) is -11.4. The molecule has 0 saturated carbocycles. The summed E-state index contributed by atoms with van der Waals surface area (Å²) in [6.45, 7) is 12.3. The van der Waals surface area contributed by atoms with E-state index in [4.69, 9.17) is 4.99 Å². The Morgan fingerprint density at radius 2 is 0.981 bits per heavy atom. The molecule has 0 aromatic heterocycles. The molecule has 11 heteroatoms. The predicted octanol–water partition coefficient (Wildman–Crippen LogP) is 12.8. The van der Waals surface area contributed by atoms with Crippen LogP contribution in [0.2, 0.25) is 0 Å². The molecule has 0 bridgehead atoms. The molecule has 283 valence electrons. The van der Waals surface area contributed by atoms with Gasteiger partial charge in [-0.2, -0.15) is 0 Å². The van der Waals surface area contributed by atoms with E-state index >= 15 is 0 Å². The van der Waals surface area contributed by atoms with E-state index < -0.39 is 15.7 Å². The minimum Gasteiger partial charge on any atom is 0 e. The summed E-state index contributed by atoms with van der Waals surface area (Å²) < 4.78 is 59.2. The quantitative estimate of drug-likeness (QED) is 0.111. The summed E-state index contributed by atoms with van der Waals surface area (Å²) in [5, 5.41) is 4.18. The van der Waals surface area contributed by atoms with Crippen LogP contribution in [0.3, 0.4) is 0 Å². The van der Waals surface area contributed by atoms with Crippen molar-refractivity contribution in [1.82, 2.24) is 0 Å². The van der Waals surface area contributed by atoms with E-state index in [9.17, 15) is 25.2 Å². The number of anilines is 1. The number of amidine groups is 1. The number of aliphatic imine (C=N–C) groups is 1. The molecular weight excluding hydrogens is 889 g/mol. The zero-order valence-electron chi connectivity index (χ0n) is 30.1. The minimum atomic E-state index is -10.7. The van der Waals surface area contributed by atoms with Gasteiger partial charge in [-0.3, -0.25) is 4.99 Å². The zero-order valence-corrected chi connectivity index (χ0v) is 34.3. The standard InChI is InChI=1S/C33H35N2P.C8H12.F6P.Ir/c1-24-15-9-12-20-28(24)36(29-21-13-10-16-25(29)2)30-22-14-11-19-27(30)32-34-31(33(3,4)5)23-35(32)26-17-7-6-8-18-26;1-2-4-6-8-7-5-3-1;1-7(2,3,4,5)6;/h6-22,31H,23H2,1-5H3;1-2,7-8H,3-6H2;;/q;;-1;/b;2-1-,8-7-;;/t31-;;;/m1.../s1. The average molecular weight is 936 g/mol. The van der Waals surface area contributed by atoms with Crippen molar-refractivity contribution in [2.45, 2.75) is 66.3 Å². The molecule has 0 spiro atoms. The SMILES string of the molecule is C1=C\CC/C=C\CC/1.Cc1ccccc1P(c1ccccc1C)c1ccccc1C1=N[C@@H](C(C)(C)C)CN1c1ccccc1.F[P-](F)(F)(F)(F)F.[Ir]. The first-order chi connectivity index (χ1) is 23.8. The van der Waals surface area contributed by atoms with Crippen LogP contribution in [-0.2, 0) is 20.1 Å². The Labute approximate surface area is 319 Å². The van der Waals surface area contributed by atoms with E-state index in [1.807, 2.05) is 0 Å². The molecule has 1 aliphatic heterocycles. The van der Waals surface area contributed by atoms with Crippen LogP contribution in [-0.4, -0.2) is 18.4 Å². The zero-order chi connectivity index (χ0) is 37.4. The fourth-order valence-electron chi connectivity index (χ4n) is 5.77. The third-order valence-corrected chi connectivity index (χ3v) is 11.2. The van der Waals surface area contributed by atoms with Crippen LogP contribution in [0.4, 0.5) is 30.9 Å². The molecule has 1 aliphatic carbocycles. The van der Waals surface area contributed by atoms with Gasteiger partial charge in [0.25, 0.3) is 0 Å². The molecule has 2 nitrogen and oxygen atoms in total. The van der Waals surface area contributed by atoms with Crippen LogP contribution < -0.4 is 20.8 Å². The number of halogens is 6. The van der Waals surface area contributed by atoms with Crippen LogP contribution in [0.1, 0.15) is 63.1 Å². The van der Waals surface area contributed by atoms with E-state index in [-0.39, 0.29) is 31.6 Å². The van der Waals surface area contributed by atoms with Crippen molar-refractivity contribution >= 4 is 43.2 Å². The third kappa shape index (κ3) is 14.0. The Morgan fingerprint density at radius 3 is 1.40 bits per heavy atom. The van der Waals surface area contributed by atoms with Gasteiger partial charge >= 0.3 is 33.0 Å². The van der Waals surface area contributed by atoms with Crippen LogP contribution in [0, 0.1) is 19.3 Å². The first-order valence-electron chi connectivity index (χ1n) is 17.1. The smallest absolute Gasteiger partial charge is 0 e. The molecule has 0 N–H and O–H groups in total. The molecule has 1 radical (unpaired) electrons. The normalized spacial score (nSPS) is 18.4. The maximum absolute atomic E-state index is 10.7. The monoisotopic (exact) mass is 936 g/mol. The van der Waals surface area contributed by atoms with Gasteiger partial charge in [0.15, 0.2) is 0 Å². The molecule has 0 saturated heterocycles. The Bertz CT molecular complexity index is 1770. The number of nitrogens with zero attached hydrogens (tertiary/aromatic N) is 2. The maximum Gasteiger partial charge on any atom is 0 e. The summed E-state index contributed by atoms with van der Waals surface area (Å²) in [6, 6.07) is 37.7. The Morgan fingerprint density at radius 1 is 0.596 bits per heavy atom. The summed E-state index contributed by atoms with van der Waals surface area (Å²) >= 11 is 0. The summed E-state index contributed by atoms with van der Waals surface area (Å²) in [5.41, 5.74) is 5.20. The van der Waals surface area contributed by atoms with E-state index in [0.717, 1.165) is 12.4 Å². The summed E-state index contributed by atoms with van der Waals surface area (Å²) in [6.07, 6.45) is 14.0. The van der Waals surface area contributed by atoms with Crippen molar-refractivity contribution in [1.29, 1.82) is 0 Å². The molecule has 4 aromatic carbocycles. The van der Waals surface area contributed by atoms with Gasteiger partial charge in [0.1, 0.15) is 5.84 Å². The molecular formula is C41H47F6IrN2P2-. The predicted molar refractivity (Wildman–Crippen MR) is 209 cm³/mol. The number of para-hydroxylation sites is 1. The summed E-state index contributed by atoms with van der Waals surface area (Å²) in [4.78, 5) is 7.84. The van der Waals surface area contributed by atoms with E-state index in [1.54, 1.807) is 0 Å². The van der Waals surface area contributed by atoms with Gasteiger partial charge < -0.3 is 4.90 Å². The van der Waals surface area contributed by atoms with E-state index in [1.165, 1.54) is 64.0 Å². The van der Waals surface area contributed by atoms with Crippen molar-refractivity contribution in [2.24, 2.45) is 10.4 Å². The fraction of sp³-hybridized carbons (Fsp3) is 0.293. The number of benzene rings is 4. The average Bonchev–Trinajstić information content (AvgIpc) is 3.49. The topological polar surface area (TPSA) is 15.6 Å². The summed E-state index contributed by atoms with van der Waals surface area (Å²) in [5.74, 6) is 1.09. The Kier molecular flexibility index (Phi) is 14.5. The maximum atomic E-state index is 9.87. The van der Waals surface area contributed by atoms with Gasteiger partial charge in [-0.25, -0.2) is 0 Å². The van der Waals surface area contributed by atoms with Gasteiger partial charge in [-0.05, 0) is 92.0 Å². The van der Waals surface area contributed by atoms with E-state index in [2.05, 4.69) is 167 Å². The first kappa shape index (κ1) is 43.3. The van der Waals surface area contributed by atoms with Gasteiger partial charge in [0, 0.05) is 37.9 Å². The molecule has 1 atom stereocenters. The number of hydrogen-bond acceptors (Lipinski definition) is 2. The van der Waals surface area contributed by atoms with E-state index in [0.29, 0.717) is 0 Å². The molecule has 1 heterocycles. The molecule has 52 heavy (non-hydrogen) atoms. The van der Waals surface area contributed by atoms with Crippen molar-refractivity contribution in [3.63, 3.8) is 0 Å². The third-order valence-electron chi connectivity index (χ3n) is 8.39. The van der Waals surface area contributed by atoms with Crippen LogP contribution in [0.5, 0.6) is 0 Å². The van der Waals surface area contributed by atoms with Crippen molar-refractivity contribution in [2.75, 3.05) is 11.4 Å². The fourth-order valence-corrected chi connectivity index (χ4v) is 8.52. The molecule has 6 rings (SSSR count). The second kappa shape index (κ2) is 17.4. The second-order valence-electron chi connectivity index (χ2n) is 13.8. The largest absolute Gasteiger partial charge is 0 e. The molecule has 0 amide bonds. The molecule has 0 fully saturated rings. The Balaban J connectivity index is 0.000000380. The number of rotatable bonds is 5. The number of hydrogen-bond donors (Lipinski definition) is 0. The minimum absolute atomic E-state index is 0. The molecule has 4 aromatic rings. The first-order valence-corrected chi connectivity index (χ1v) is 20.4. The number of allylic oxidation sites excluding steroid dienone is 4. The van der Waals surface area contributed by atoms with Gasteiger partial charge in [-0.15, -0.1) is 0 Å². The van der Waals surface area contributed by atoms with Gasteiger partial charge in [0.05, 0.1) is 6.04 Å². The molecule has 2 aliphatic rings. The van der Waals surface area contributed by atoms with Gasteiger partial charge in [0.2, 0.25) is 0 Å². The van der Waals surface area contributed by atoms with Gasteiger partial charge in [-0.1, -0.05) is 136 Å². The van der Waals surface area contributed by atoms with Crippen LogP contribution >= 0.6 is 15.7 Å².